The van der Waals surface area contributed by atoms with Gasteiger partial charge in [-0.2, -0.15) is 0 Å². The third-order valence-electron chi connectivity index (χ3n) is 3.36. The molecule has 2 aromatic rings. The fourth-order valence-electron chi connectivity index (χ4n) is 2.32. The van der Waals surface area contributed by atoms with Gasteiger partial charge in [0.25, 0.3) is 0 Å². The van der Waals surface area contributed by atoms with E-state index in [-0.39, 0.29) is 28.8 Å². The maximum atomic E-state index is 12.5. The van der Waals surface area contributed by atoms with Crippen molar-refractivity contribution in [2.45, 2.75) is 16.7 Å². The topological polar surface area (TPSA) is 90.4 Å². The lowest BCUT2D eigenvalue weighted by atomic mass is 10.3. The van der Waals surface area contributed by atoms with Crippen molar-refractivity contribution in [2.75, 3.05) is 4.90 Å². The lowest BCUT2D eigenvalue weighted by Crippen LogP contribution is -2.31. The van der Waals surface area contributed by atoms with Crippen molar-refractivity contribution in [3.05, 3.63) is 54.2 Å². The lowest BCUT2D eigenvalue weighted by Gasteiger charge is -2.15. The van der Waals surface area contributed by atoms with Crippen LogP contribution in [0.1, 0.15) is 16.8 Å². The van der Waals surface area contributed by atoms with Gasteiger partial charge in [0.05, 0.1) is 16.9 Å². The molecule has 23 heavy (non-hydrogen) atoms. The van der Waals surface area contributed by atoms with Gasteiger partial charge in [0.2, 0.25) is 11.8 Å². The van der Waals surface area contributed by atoms with E-state index in [2.05, 4.69) is 4.98 Å². The first-order valence-corrected chi connectivity index (χ1v) is 7.71. The molecule has 1 fully saturated rings. The predicted molar refractivity (Wildman–Crippen MR) is 81.8 cm³/mol. The number of aromatic nitrogens is 1. The van der Waals surface area contributed by atoms with Gasteiger partial charge in [0, 0.05) is 18.2 Å². The summed E-state index contributed by atoms with van der Waals surface area (Å²) >= 11 is 0.972. The van der Waals surface area contributed by atoms with E-state index >= 15 is 0 Å². The maximum Gasteiger partial charge on any atom is 0.247 e. The number of carbonyl (C=O) groups excluding carboxylic acids is 3. The van der Waals surface area contributed by atoms with Crippen LogP contribution in [0.5, 0.6) is 0 Å². The van der Waals surface area contributed by atoms with Crippen molar-refractivity contribution in [1.82, 2.24) is 4.98 Å². The molecule has 0 saturated carbocycles. The third-order valence-corrected chi connectivity index (χ3v) is 4.57. The first-order chi connectivity index (χ1) is 11.1. The number of amides is 2. The summed E-state index contributed by atoms with van der Waals surface area (Å²) in [7, 11) is 0. The van der Waals surface area contributed by atoms with Crippen LogP contribution in [0.25, 0.3) is 0 Å². The van der Waals surface area contributed by atoms with Crippen molar-refractivity contribution in [3.8, 4) is 0 Å². The molecule has 2 heterocycles. The zero-order chi connectivity index (χ0) is 16.4. The normalized spacial score (nSPS) is 17.6. The quantitative estimate of drug-likeness (QED) is 0.774. The van der Waals surface area contributed by atoms with Gasteiger partial charge in [-0.05, 0) is 24.3 Å². The number of thioether (sulfide) groups is 1. The number of pyridine rings is 1. The number of carboxylic acid groups (broad SMARTS) is 1. The Bertz CT molecular complexity index is 779. The number of rotatable bonds is 4. The molecule has 1 aliphatic rings. The van der Waals surface area contributed by atoms with E-state index in [9.17, 15) is 19.5 Å². The lowest BCUT2D eigenvalue weighted by molar-refractivity contribution is -0.255. The molecule has 0 N–H and O–H groups in total. The number of nitrogens with zero attached hydrogens (tertiary/aromatic N) is 2. The molecule has 7 heteroatoms. The number of anilines is 1. The predicted octanol–water partition coefficient (Wildman–Crippen LogP) is 0.869. The molecule has 1 aromatic heterocycles. The zero-order valence-corrected chi connectivity index (χ0v) is 12.7. The second-order valence-electron chi connectivity index (χ2n) is 4.86. The standard InChI is InChI=1S/C16H12N2O4S/c19-13-9-12(15(20)18(13)10-5-2-1-3-6-10)23-14-11(16(21)22)7-4-8-17-14/h1-8,12H,9H2,(H,21,22)/p-1/t12-/m1/s1. The molecule has 0 spiro atoms. The highest BCUT2D eigenvalue weighted by atomic mass is 32.2. The van der Waals surface area contributed by atoms with Crippen LogP contribution in [0.3, 0.4) is 0 Å². The Morgan fingerprint density at radius 2 is 1.91 bits per heavy atom. The fourth-order valence-corrected chi connectivity index (χ4v) is 3.42. The van der Waals surface area contributed by atoms with Gasteiger partial charge in [0.1, 0.15) is 5.03 Å². The number of para-hydroxylation sites is 1. The van der Waals surface area contributed by atoms with Crippen LogP contribution in [0.4, 0.5) is 5.69 Å². The third kappa shape index (κ3) is 2.95. The Hall–Kier alpha value is -2.67. The second-order valence-corrected chi connectivity index (χ2v) is 6.05. The summed E-state index contributed by atoms with van der Waals surface area (Å²) in [6.07, 6.45) is 1.44. The molecular weight excluding hydrogens is 316 g/mol. The number of carbonyl (C=O) groups is 3. The van der Waals surface area contributed by atoms with Crippen molar-refractivity contribution >= 4 is 35.2 Å². The molecule has 6 nitrogen and oxygen atoms in total. The molecular formula is C16H11N2O4S-. The molecule has 3 rings (SSSR count). The Morgan fingerprint density at radius 3 is 2.61 bits per heavy atom. The van der Waals surface area contributed by atoms with E-state index < -0.39 is 11.2 Å². The van der Waals surface area contributed by atoms with Crippen LogP contribution >= 0.6 is 11.8 Å². The van der Waals surface area contributed by atoms with Crippen molar-refractivity contribution in [2.24, 2.45) is 0 Å². The first-order valence-electron chi connectivity index (χ1n) is 6.83. The monoisotopic (exact) mass is 327 g/mol. The molecule has 116 valence electrons. The van der Waals surface area contributed by atoms with Crippen LogP contribution in [-0.2, 0) is 9.59 Å². The van der Waals surface area contributed by atoms with Gasteiger partial charge in [-0.15, -0.1) is 0 Å². The smallest absolute Gasteiger partial charge is 0.247 e. The van der Waals surface area contributed by atoms with Crippen LogP contribution < -0.4 is 10.0 Å². The summed E-state index contributed by atoms with van der Waals surface area (Å²) in [6, 6.07) is 11.5. The summed E-state index contributed by atoms with van der Waals surface area (Å²) < 4.78 is 0. The highest BCUT2D eigenvalue weighted by Gasteiger charge is 2.40. The summed E-state index contributed by atoms with van der Waals surface area (Å²) in [5, 5.41) is 10.6. The van der Waals surface area contributed by atoms with Crippen molar-refractivity contribution in [3.63, 3.8) is 0 Å². The minimum atomic E-state index is -1.36. The Labute approximate surface area is 136 Å². The maximum absolute atomic E-state index is 12.5. The van der Waals surface area contributed by atoms with Crippen LogP contribution in [0.2, 0.25) is 0 Å². The molecule has 1 atom stereocenters. The summed E-state index contributed by atoms with van der Waals surface area (Å²) in [4.78, 5) is 40.8. The average molecular weight is 327 g/mol. The number of imide groups is 1. The molecule has 1 saturated heterocycles. The fraction of sp³-hybridized carbons (Fsp3) is 0.125. The van der Waals surface area contributed by atoms with E-state index in [1.54, 1.807) is 30.3 Å². The van der Waals surface area contributed by atoms with Crippen molar-refractivity contribution in [1.29, 1.82) is 0 Å². The van der Waals surface area contributed by atoms with E-state index in [0.29, 0.717) is 5.69 Å². The molecule has 0 aliphatic carbocycles. The zero-order valence-electron chi connectivity index (χ0n) is 11.8. The van der Waals surface area contributed by atoms with Gasteiger partial charge in [0.15, 0.2) is 0 Å². The first kappa shape index (κ1) is 15.2. The van der Waals surface area contributed by atoms with Crippen LogP contribution in [-0.4, -0.2) is 28.0 Å². The largest absolute Gasteiger partial charge is 0.545 e. The second kappa shape index (κ2) is 6.21. The number of hydrogen-bond acceptors (Lipinski definition) is 6. The molecule has 0 bridgehead atoms. The van der Waals surface area contributed by atoms with Gasteiger partial charge in [-0.1, -0.05) is 30.0 Å². The summed E-state index contributed by atoms with van der Waals surface area (Å²) in [5.41, 5.74) is 0.419. The summed E-state index contributed by atoms with van der Waals surface area (Å²) in [5.74, 6) is -2.05. The highest BCUT2D eigenvalue weighted by molar-refractivity contribution is 8.00. The van der Waals surface area contributed by atoms with Crippen LogP contribution in [0, 0.1) is 0 Å². The minimum Gasteiger partial charge on any atom is -0.545 e. The van der Waals surface area contributed by atoms with Gasteiger partial charge < -0.3 is 9.90 Å². The average Bonchev–Trinajstić information content (AvgIpc) is 2.82. The number of carboxylic acids is 1. The molecule has 1 aromatic carbocycles. The van der Waals surface area contributed by atoms with E-state index in [1.807, 2.05) is 0 Å². The van der Waals surface area contributed by atoms with Gasteiger partial charge in [-0.3, -0.25) is 9.59 Å². The van der Waals surface area contributed by atoms with E-state index in [4.69, 9.17) is 0 Å². The molecule has 0 unspecified atom stereocenters. The number of aromatic carboxylic acids is 1. The summed E-state index contributed by atoms with van der Waals surface area (Å²) in [6.45, 7) is 0. The van der Waals surface area contributed by atoms with E-state index in [0.717, 1.165) is 16.7 Å². The Balaban J connectivity index is 1.85. The minimum absolute atomic E-state index is 0.00144. The Morgan fingerprint density at radius 1 is 1.17 bits per heavy atom. The van der Waals surface area contributed by atoms with E-state index in [1.165, 1.54) is 18.3 Å². The molecule has 1 aliphatic heterocycles. The van der Waals surface area contributed by atoms with Gasteiger partial charge >= 0.3 is 0 Å². The highest BCUT2D eigenvalue weighted by Crippen LogP contribution is 2.34. The number of benzene rings is 1. The molecule has 0 radical (unpaired) electrons. The molecule has 2 amide bonds. The van der Waals surface area contributed by atoms with Crippen LogP contribution in [0.15, 0.2) is 53.7 Å². The SMILES string of the molecule is O=C([O-])c1cccnc1S[C@@H]1CC(=O)N(c2ccccc2)C1=O. The Kier molecular flexibility index (Phi) is 4.12. The van der Waals surface area contributed by atoms with Crippen molar-refractivity contribution < 1.29 is 19.5 Å². The van der Waals surface area contributed by atoms with Gasteiger partial charge in [-0.25, -0.2) is 9.88 Å². The number of hydrogen-bond donors (Lipinski definition) is 0.